The number of rotatable bonds is 1. The van der Waals surface area contributed by atoms with E-state index in [9.17, 15) is 4.79 Å². The lowest BCUT2D eigenvalue weighted by Gasteiger charge is -2.21. The first-order chi connectivity index (χ1) is 14.6. The zero-order valence-corrected chi connectivity index (χ0v) is 16.7. The Bertz CT molecular complexity index is 1360. The molecule has 0 aliphatic carbocycles. The molecule has 0 saturated heterocycles. The Morgan fingerprint density at radius 2 is 1.33 bits per heavy atom. The van der Waals surface area contributed by atoms with Crippen LogP contribution in [0, 0.1) is 13.8 Å². The fourth-order valence-corrected chi connectivity index (χ4v) is 4.49. The normalized spacial score (nSPS) is 17.4. The van der Waals surface area contributed by atoms with Crippen LogP contribution in [0.1, 0.15) is 22.8 Å². The van der Waals surface area contributed by atoms with Gasteiger partial charge in [-0.25, -0.2) is 0 Å². The lowest BCUT2D eigenvalue weighted by Crippen LogP contribution is -2.18. The second kappa shape index (κ2) is 6.10. The van der Waals surface area contributed by atoms with E-state index >= 15 is 0 Å². The monoisotopic (exact) mass is 392 g/mol. The number of Topliss-reactive ketones (excluding diaryl/α,β-unsaturated/α-hetero) is 1. The van der Waals surface area contributed by atoms with Crippen LogP contribution < -0.4 is 10.6 Å². The van der Waals surface area contributed by atoms with E-state index in [4.69, 9.17) is 4.74 Å². The van der Waals surface area contributed by atoms with Crippen molar-refractivity contribution >= 4 is 38.7 Å². The topological polar surface area (TPSA) is 50.4 Å². The van der Waals surface area contributed by atoms with Crippen LogP contribution in [0.5, 0.6) is 0 Å². The third-order valence-corrected chi connectivity index (χ3v) is 6.16. The second-order valence-electron chi connectivity index (χ2n) is 8.03. The van der Waals surface area contributed by atoms with Gasteiger partial charge in [-0.1, -0.05) is 48.5 Å². The summed E-state index contributed by atoms with van der Waals surface area (Å²) in [5.74, 6) is 0.445. The molecule has 0 amide bonds. The summed E-state index contributed by atoms with van der Waals surface area (Å²) < 4.78 is 6.26. The summed E-state index contributed by atoms with van der Waals surface area (Å²) >= 11 is 0. The van der Waals surface area contributed by atoms with Crippen LogP contribution in [-0.4, -0.2) is 5.78 Å². The maximum atomic E-state index is 13.5. The summed E-state index contributed by atoms with van der Waals surface area (Å²) in [6, 6.07) is 22.6. The van der Waals surface area contributed by atoms with E-state index in [1.165, 1.54) is 11.1 Å². The van der Waals surface area contributed by atoms with E-state index in [-0.39, 0.29) is 5.78 Å². The standard InChI is InChI=1S/C26H20N2O2/c1-14-11-20-21(12-15(14)2)28-26-23(27-20)24(29)25(30-26)22-18-9-5-3-7-16(18)13-17-8-4-6-10-19(17)22/h3-13,25,27-28H,1-2H3. The highest BCUT2D eigenvalue weighted by Gasteiger charge is 2.40. The molecule has 4 aromatic rings. The zero-order chi connectivity index (χ0) is 20.4. The van der Waals surface area contributed by atoms with Crippen molar-refractivity contribution in [3.63, 3.8) is 0 Å². The summed E-state index contributed by atoms with van der Waals surface area (Å²) in [4.78, 5) is 13.5. The first kappa shape index (κ1) is 17.1. The molecule has 6 rings (SSSR count). The molecule has 2 heterocycles. The Hall–Kier alpha value is -3.79. The molecular formula is C26H20N2O2. The number of carbonyl (C=O) groups is 1. The van der Waals surface area contributed by atoms with Crippen molar-refractivity contribution in [2.24, 2.45) is 0 Å². The molecule has 4 aromatic carbocycles. The lowest BCUT2D eigenvalue weighted by molar-refractivity contribution is -0.121. The number of benzene rings is 4. The summed E-state index contributed by atoms with van der Waals surface area (Å²) in [6.07, 6.45) is -0.692. The van der Waals surface area contributed by atoms with E-state index in [0.717, 1.165) is 38.5 Å². The summed E-state index contributed by atoms with van der Waals surface area (Å²) in [7, 11) is 0. The van der Waals surface area contributed by atoms with Gasteiger partial charge in [0.25, 0.3) is 0 Å². The fraction of sp³-hybridized carbons (Fsp3) is 0.115. The minimum absolute atomic E-state index is 0.0529. The molecule has 4 nitrogen and oxygen atoms in total. The number of anilines is 2. The molecule has 2 aliphatic rings. The van der Waals surface area contributed by atoms with E-state index in [2.05, 4.69) is 66.9 Å². The Morgan fingerprint density at radius 3 is 1.97 bits per heavy atom. The SMILES string of the molecule is Cc1cc2c(cc1C)NC1=C(N2)OC(c2c3ccccc3cc3ccccc23)C1=O. The number of aryl methyl sites for hydroxylation is 2. The maximum absolute atomic E-state index is 13.5. The molecule has 0 aromatic heterocycles. The number of hydrogen-bond acceptors (Lipinski definition) is 4. The second-order valence-corrected chi connectivity index (χ2v) is 8.03. The molecule has 0 saturated carbocycles. The minimum Gasteiger partial charge on any atom is -0.461 e. The van der Waals surface area contributed by atoms with Crippen molar-refractivity contribution in [2.75, 3.05) is 10.6 Å². The molecule has 0 fully saturated rings. The number of carbonyl (C=O) groups excluding carboxylic acids is 1. The summed E-state index contributed by atoms with van der Waals surface area (Å²) in [5, 5.41) is 10.9. The highest BCUT2D eigenvalue weighted by atomic mass is 16.5. The average Bonchev–Trinajstić information content (AvgIpc) is 3.06. The largest absolute Gasteiger partial charge is 0.461 e. The van der Waals surface area contributed by atoms with Gasteiger partial charge in [-0.05, 0) is 64.7 Å². The minimum atomic E-state index is -0.692. The van der Waals surface area contributed by atoms with Crippen LogP contribution >= 0.6 is 0 Å². The average molecular weight is 392 g/mol. The Kier molecular flexibility index (Phi) is 3.48. The van der Waals surface area contributed by atoms with Crippen molar-refractivity contribution in [3.8, 4) is 0 Å². The third-order valence-electron chi connectivity index (χ3n) is 6.16. The van der Waals surface area contributed by atoms with Crippen LogP contribution in [0.3, 0.4) is 0 Å². The van der Waals surface area contributed by atoms with E-state index in [1.807, 2.05) is 24.3 Å². The molecule has 1 atom stereocenters. The Balaban J connectivity index is 1.50. The Morgan fingerprint density at radius 1 is 0.767 bits per heavy atom. The van der Waals surface area contributed by atoms with Gasteiger partial charge in [-0.15, -0.1) is 0 Å². The number of fused-ring (bicyclic) bond motifs is 3. The van der Waals surface area contributed by atoms with Crippen molar-refractivity contribution < 1.29 is 9.53 Å². The van der Waals surface area contributed by atoms with Gasteiger partial charge in [0.1, 0.15) is 5.70 Å². The molecule has 1 unspecified atom stereocenters. The molecule has 0 spiro atoms. The van der Waals surface area contributed by atoms with Crippen molar-refractivity contribution in [3.05, 3.63) is 95.0 Å². The van der Waals surface area contributed by atoms with E-state index < -0.39 is 6.10 Å². The molecule has 4 heteroatoms. The van der Waals surface area contributed by atoms with Gasteiger partial charge >= 0.3 is 0 Å². The van der Waals surface area contributed by atoms with Crippen LogP contribution in [0.4, 0.5) is 11.4 Å². The van der Waals surface area contributed by atoms with Gasteiger partial charge in [0.05, 0.1) is 11.4 Å². The van der Waals surface area contributed by atoms with Gasteiger partial charge in [-0.3, -0.25) is 4.79 Å². The predicted octanol–water partition coefficient (Wildman–Crippen LogP) is 5.96. The Labute approximate surface area is 174 Å². The molecule has 30 heavy (non-hydrogen) atoms. The van der Waals surface area contributed by atoms with Crippen molar-refractivity contribution in [2.45, 2.75) is 20.0 Å². The van der Waals surface area contributed by atoms with Crippen LogP contribution in [0.2, 0.25) is 0 Å². The maximum Gasteiger partial charge on any atom is 0.229 e. The molecule has 0 bridgehead atoms. The van der Waals surface area contributed by atoms with Crippen molar-refractivity contribution in [1.29, 1.82) is 0 Å². The fourth-order valence-electron chi connectivity index (χ4n) is 4.49. The smallest absolute Gasteiger partial charge is 0.229 e. The van der Waals surface area contributed by atoms with Gasteiger partial charge in [-0.2, -0.15) is 0 Å². The van der Waals surface area contributed by atoms with Gasteiger partial charge < -0.3 is 15.4 Å². The third kappa shape index (κ3) is 2.37. The summed E-state index contributed by atoms with van der Waals surface area (Å²) in [6.45, 7) is 4.14. The lowest BCUT2D eigenvalue weighted by atomic mass is 9.91. The molecule has 2 N–H and O–H groups in total. The zero-order valence-electron chi connectivity index (χ0n) is 16.7. The number of hydrogen-bond donors (Lipinski definition) is 2. The highest BCUT2D eigenvalue weighted by molar-refractivity contribution is 6.12. The quantitative estimate of drug-likeness (QED) is 0.393. The molecule has 146 valence electrons. The van der Waals surface area contributed by atoms with Gasteiger partial charge in [0, 0.05) is 5.56 Å². The van der Waals surface area contributed by atoms with E-state index in [0.29, 0.717) is 11.6 Å². The van der Waals surface area contributed by atoms with Crippen LogP contribution in [-0.2, 0) is 9.53 Å². The van der Waals surface area contributed by atoms with Gasteiger partial charge in [0.15, 0.2) is 6.10 Å². The predicted molar refractivity (Wildman–Crippen MR) is 120 cm³/mol. The number of nitrogens with one attached hydrogen (secondary N) is 2. The van der Waals surface area contributed by atoms with Crippen LogP contribution in [0.15, 0.2) is 78.3 Å². The first-order valence-electron chi connectivity index (χ1n) is 10.1. The summed E-state index contributed by atoms with van der Waals surface area (Å²) in [5.41, 5.74) is 5.60. The molecule has 2 aliphatic heterocycles. The molecular weight excluding hydrogens is 372 g/mol. The van der Waals surface area contributed by atoms with Crippen LogP contribution in [0.25, 0.3) is 21.5 Å². The van der Waals surface area contributed by atoms with Crippen molar-refractivity contribution in [1.82, 2.24) is 0 Å². The van der Waals surface area contributed by atoms with E-state index in [1.54, 1.807) is 0 Å². The highest BCUT2D eigenvalue weighted by Crippen LogP contribution is 2.44. The number of ether oxygens (including phenoxy) is 1. The number of ketones is 1. The molecule has 0 radical (unpaired) electrons. The van der Waals surface area contributed by atoms with Gasteiger partial charge in [0.2, 0.25) is 11.7 Å². The first-order valence-corrected chi connectivity index (χ1v) is 10.1.